The molecule has 0 unspecified atom stereocenters. The highest BCUT2D eigenvalue weighted by Crippen LogP contribution is 2.30. The van der Waals surface area contributed by atoms with Gasteiger partial charge in [-0.1, -0.05) is 41.0 Å². The summed E-state index contributed by atoms with van der Waals surface area (Å²) in [5, 5.41) is 3.03. The van der Waals surface area contributed by atoms with Gasteiger partial charge in [0.2, 0.25) is 5.88 Å². The van der Waals surface area contributed by atoms with Gasteiger partial charge >= 0.3 is 0 Å². The number of aryl methyl sites for hydroxylation is 1. The van der Waals surface area contributed by atoms with Gasteiger partial charge in [0, 0.05) is 13.2 Å². The fourth-order valence-electron chi connectivity index (χ4n) is 3.15. The highest BCUT2D eigenvalue weighted by atomic mass is 16.5. The van der Waals surface area contributed by atoms with Crippen molar-refractivity contribution in [2.24, 2.45) is 11.8 Å². The second-order valence-corrected chi connectivity index (χ2v) is 7.83. The maximum atomic E-state index is 13.1. The summed E-state index contributed by atoms with van der Waals surface area (Å²) < 4.78 is 11.4. The molecular formula is C21H36N2O3. The molecule has 1 rings (SSSR count). The summed E-state index contributed by atoms with van der Waals surface area (Å²) >= 11 is 0. The van der Waals surface area contributed by atoms with Crippen LogP contribution < -0.4 is 10.1 Å². The molecule has 0 saturated carbocycles. The zero-order valence-electron chi connectivity index (χ0n) is 17.5. The van der Waals surface area contributed by atoms with Crippen LogP contribution in [-0.2, 0) is 9.53 Å². The molecule has 5 nitrogen and oxygen atoms in total. The predicted octanol–water partition coefficient (Wildman–Crippen LogP) is 4.98. The molecule has 0 aliphatic heterocycles. The first-order valence-electron chi connectivity index (χ1n) is 9.71. The molecule has 0 fully saturated rings. The van der Waals surface area contributed by atoms with Crippen molar-refractivity contribution in [2.75, 3.05) is 19.0 Å². The van der Waals surface area contributed by atoms with Gasteiger partial charge in [-0.15, -0.1) is 0 Å². The molecule has 0 bridgehead atoms. The second kappa shape index (κ2) is 10.5. The number of nitrogens with zero attached hydrogens (tertiary/aromatic N) is 1. The summed E-state index contributed by atoms with van der Waals surface area (Å²) in [6.45, 7) is 13.1. The molecule has 0 atom stereocenters. The zero-order chi connectivity index (χ0) is 19.7. The molecule has 0 saturated heterocycles. The van der Waals surface area contributed by atoms with Crippen molar-refractivity contribution in [3.63, 3.8) is 0 Å². The zero-order valence-corrected chi connectivity index (χ0v) is 17.5. The number of ether oxygens (including phenoxy) is 2. The van der Waals surface area contributed by atoms with Crippen LogP contribution in [0.25, 0.3) is 0 Å². The van der Waals surface area contributed by atoms with E-state index in [1.54, 1.807) is 13.2 Å². The number of anilines is 1. The second-order valence-electron chi connectivity index (χ2n) is 7.83. The van der Waals surface area contributed by atoms with Crippen molar-refractivity contribution >= 4 is 11.6 Å². The molecule has 0 aliphatic rings. The van der Waals surface area contributed by atoms with Crippen molar-refractivity contribution < 1.29 is 14.3 Å². The van der Waals surface area contributed by atoms with Crippen LogP contribution in [0.3, 0.4) is 0 Å². The van der Waals surface area contributed by atoms with E-state index in [1.165, 1.54) is 0 Å². The smallest absolute Gasteiger partial charge is 0.256 e. The number of pyridine rings is 1. The van der Waals surface area contributed by atoms with Crippen LogP contribution in [0, 0.1) is 18.8 Å². The van der Waals surface area contributed by atoms with Crippen molar-refractivity contribution in [3.05, 3.63) is 17.8 Å². The molecule has 0 aromatic carbocycles. The predicted molar refractivity (Wildman–Crippen MR) is 107 cm³/mol. The lowest BCUT2D eigenvalue weighted by molar-refractivity contribution is -0.142. The first-order valence-corrected chi connectivity index (χ1v) is 9.71. The summed E-state index contributed by atoms with van der Waals surface area (Å²) in [6.07, 6.45) is 3.44. The van der Waals surface area contributed by atoms with E-state index < -0.39 is 5.60 Å². The Kier molecular flexibility index (Phi) is 9.06. The fourth-order valence-corrected chi connectivity index (χ4v) is 3.15. The largest absolute Gasteiger partial charge is 0.478 e. The quantitative estimate of drug-likeness (QED) is 0.562. The van der Waals surface area contributed by atoms with E-state index in [-0.39, 0.29) is 5.91 Å². The van der Waals surface area contributed by atoms with Gasteiger partial charge in [0.15, 0.2) is 0 Å². The summed E-state index contributed by atoms with van der Waals surface area (Å²) in [5.41, 5.74) is 0.614. The van der Waals surface area contributed by atoms with Gasteiger partial charge in [-0.3, -0.25) is 4.79 Å². The molecule has 1 N–H and O–H groups in total. The van der Waals surface area contributed by atoms with Crippen LogP contribution in [-0.4, -0.2) is 30.2 Å². The summed E-state index contributed by atoms with van der Waals surface area (Å²) in [7, 11) is 1.63. The maximum Gasteiger partial charge on any atom is 0.256 e. The van der Waals surface area contributed by atoms with Crippen LogP contribution in [0.15, 0.2) is 12.1 Å². The molecule has 1 aromatic heterocycles. The Morgan fingerprint density at radius 3 is 2.27 bits per heavy atom. The van der Waals surface area contributed by atoms with E-state index in [2.05, 4.69) is 44.9 Å². The van der Waals surface area contributed by atoms with Gasteiger partial charge in [-0.25, -0.2) is 4.98 Å². The van der Waals surface area contributed by atoms with Crippen LogP contribution >= 0.6 is 0 Å². The summed E-state index contributed by atoms with van der Waals surface area (Å²) in [5.74, 6) is 1.20. The Hall–Kier alpha value is -1.62. The first kappa shape index (κ1) is 22.4. The van der Waals surface area contributed by atoms with E-state index in [4.69, 9.17) is 9.47 Å². The molecule has 0 spiro atoms. The summed E-state index contributed by atoms with van der Waals surface area (Å²) in [4.78, 5) is 17.5. The number of hydrogen-bond acceptors (Lipinski definition) is 4. The Balaban J connectivity index is 2.94. The molecule has 5 heteroatoms. The molecule has 0 aliphatic carbocycles. The highest BCUT2D eigenvalue weighted by molar-refractivity contribution is 5.97. The molecule has 148 valence electrons. The number of carbonyl (C=O) groups is 1. The van der Waals surface area contributed by atoms with Crippen molar-refractivity contribution in [3.8, 4) is 5.88 Å². The van der Waals surface area contributed by atoms with E-state index in [0.717, 1.165) is 18.5 Å². The molecule has 1 amide bonds. The topological polar surface area (TPSA) is 60.5 Å². The minimum atomic E-state index is -0.828. The van der Waals surface area contributed by atoms with E-state index in [1.807, 2.05) is 13.0 Å². The molecule has 1 heterocycles. The minimum Gasteiger partial charge on any atom is -0.478 e. The number of carbonyl (C=O) groups excluding carboxylic acids is 1. The van der Waals surface area contributed by atoms with Gasteiger partial charge < -0.3 is 14.8 Å². The summed E-state index contributed by atoms with van der Waals surface area (Å²) in [6, 6.07) is 3.66. The van der Waals surface area contributed by atoms with Crippen LogP contribution in [0.4, 0.5) is 5.69 Å². The van der Waals surface area contributed by atoms with Crippen molar-refractivity contribution in [1.29, 1.82) is 0 Å². The highest BCUT2D eigenvalue weighted by Gasteiger charge is 2.40. The normalized spacial score (nSPS) is 11.9. The minimum absolute atomic E-state index is 0.105. The Morgan fingerprint density at radius 1 is 1.19 bits per heavy atom. The standard InChI is InChI=1S/C21H36N2O3/c1-8-9-12-26-19-11-10-18(17(6)22-19)23-20(24)21(25-7,13-15(2)3)14-16(4)5/h10-11,15-16H,8-9,12-14H2,1-7H3,(H,23,24). The van der Waals surface area contributed by atoms with Gasteiger partial charge in [0.05, 0.1) is 18.0 Å². The lowest BCUT2D eigenvalue weighted by atomic mass is 9.84. The fraction of sp³-hybridized carbons (Fsp3) is 0.714. The number of hydrogen-bond donors (Lipinski definition) is 1. The average Bonchev–Trinajstić information content (AvgIpc) is 2.55. The monoisotopic (exact) mass is 364 g/mol. The van der Waals surface area contributed by atoms with E-state index in [9.17, 15) is 4.79 Å². The van der Waals surface area contributed by atoms with Crippen LogP contribution in [0.2, 0.25) is 0 Å². The SMILES string of the molecule is CCCCOc1ccc(NC(=O)C(CC(C)C)(CC(C)C)OC)c(C)n1. The van der Waals surface area contributed by atoms with E-state index in [0.29, 0.717) is 42.9 Å². The van der Waals surface area contributed by atoms with Gasteiger partial charge in [0.1, 0.15) is 5.60 Å². The Morgan fingerprint density at radius 2 is 1.81 bits per heavy atom. The van der Waals surface area contributed by atoms with Crippen LogP contribution in [0.5, 0.6) is 5.88 Å². The third kappa shape index (κ3) is 6.60. The van der Waals surface area contributed by atoms with Crippen molar-refractivity contribution in [1.82, 2.24) is 4.98 Å². The molecule has 26 heavy (non-hydrogen) atoms. The molecule has 1 aromatic rings. The average molecular weight is 365 g/mol. The van der Waals surface area contributed by atoms with Gasteiger partial charge in [0.25, 0.3) is 5.91 Å². The number of aromatic nitrogens is 1. The lowest BCUT2D eigenvalue weighted by Gasteiger charge is -2.34. The van der Waals surface area contributed by atoms with E-state index >= 15 is 0 Å². The number of nitrogens with one attached hydrogen (secondary N) is 1. The maximum absolute atomic E-state index is 13.1. The number of methoxy groups -OCH3 is 1. The van der Waals surface area contributed by atoms with Gasteiger partial charge in [-0.2, -0.15) is 0 Å². The number of unbranched alkanes of at least 4 members (excludes halogenated alkanes) is 1. The van der Waals surface area contributed by atoms with Crippen LogP contribution in [0.1, 0.15) is 66.0 Å². The first-order chi connectivity index (χ1) is 12.2. The third-order valence-electron chi connectivity index (χ3n) is 4.34. The Bertz CT molecular complexity index is 560. The number of rotatable bonds is 11. The van der Waals surface area contributed by atoms with Crippen molar-refractivity contribution in [2.45, 2.75) is 72.8 Å². The molecular weight excluding hydrogens is 328 g/mol. The number of amides is 1. The Labute approximate surface area is 158 Å². The van der Waals surface area contributed by atoms with Gasteiger partial charge in [-0.05, 0) is 44.1 Å². The molecule has 0 radical (unpaired) electrons. The lowest BCUT2D eigenvalue weighted by Crippen LogP contribution is -2.47. The third-order valence-corrected chi connectivity index (χ3v) is 4.34.